The summed E-state index contributed by atoms with van der Waals surface area (Å²) in [7, 11) is 1.67. The number of hydrogen-bond acceptors (Lipinski definition) is 4. The molecule has 2 heterocycles. The fourth-order valence-electron chi connectivity index (χ4n) is 3.18. The predicted molar refractivity (Wildman–Crippen MR) is 94.9 cm³/mol. The Balaban J connectivity index is 0.00000192. The van der Waals surface area contributed by atoms with Crippen LogP contribution in [0.15, 0.2) is 21.3 Å². The Morgan fingerprint density at radius 3 is 2.52 bits per heavy atom. The lowest BCUT2D eigenvalue weighted by atomic mass is 10.0. The lowest BCUT2D eigenvalue weighted by Gasteiger charge is -2.27. The number of aryl methyl sites for hydroxylation is 1. The fraction of sp³-hybridized carbons (Fsp3) is 0.500. The van der Waals surface area contributed by atoms with Crippen LogP contribution in [0.3, 0.4) is 0 Å². The highest BCUT2D eigenvalue weighted by atomic mass is 35.5. The van der Waals surface area contributed by atoms with Crippen LogP contribution in [-0.4, -0.2) is 25.1 Å². The number of halogens is 1. The number of likely N-dealkylation sites (tertiary alicyclic amines) is 1. The Morgan fingerprint density at radius 2 is 1.87 bits per heavy atom. The molecule has 1 saturated heterocycles. The summed E-state index contributed by atoms with van der Waals surface area (Å²) in [5.41, 5.74) is 2.41. The molecule has 0 saturated carbocycles. The summed E-state index contributed by atoms with van der Waals surface area (Å²) in [6.07, 6.45) is 3.76. The number of rotatable bonds is 3. The van der Waals surface area contributed by atoms with Crippen LogP contribution in [0.5, 0.6) is 5.75 Å². The molecule has 2 aromatic rings. The number of piperidine rings is 1. The molecule has 5 heteroatoms. The van der Waals surface area contributed by atoms with Gasteiger partial charge in [-0.15, -0.1) is 12.4 Å². The third-order valence-corrected chi connectivity index (χ3v) is 4.64. The molecule has 0 amide bonds. The van der Waals surface area contributed by atoms with Gasteiger partial charge in [0.1, 0.15) is 17.1 Å². The van der Waals surface area contributed by atoms with E-state index >= 15 is 0 Å². The zero-order valence-corrected chi connectivity index (χ0v) is 14.8. The molecule has 3 rings (SSSR count). The van der Waals surface area contributed by atoms with Crippen molar-refractivity contribution < 1.29 is 9.15 Å². The topological polar surface area (TPSA) is 42.7 Å². The Morgan fingerprint density at radius 1 is 1.17 bits per heavy atom. The fourth-order valence-corrected chi connectivity index (χ4v) is 3.18. The second-order valence-electron chi connectivity index (χ2n) is 6.07. The van der Waals surface area contributed by atoms with E-state index < -0.39 is 0 Å². The lowest BCUT2D eigenvalue weighted by molar-refractivity contribution is 0.218. The predicted octanol–water partition coefficient (Wildman–Crippen LogP) is 3.83. The average molecular weight is 338 g/mol. The second kappa shape index (κ2) is 7.37. The highest BCUT2D eigenvalue weighted by Crippen LogP contribution is 2.30. The summed E-state index contributed by atoms with van der Waals surface area (Å²) < 4.78 is 11.5. The number of methoxy groups -OCH3 is 1. The van der Waals surface area contributed by atoms with Gasteiger partial charge in [-0.05, 0) is 51.9 Å². The highest BCUT2D eigenvalue weighted by molar-refractivity contribution is 5.85. The molecule has 0 bridgehead atoms. The normalized spacial score (nSPS) is 15.4. The first-order valence-corrected chi connectivity index (χ1v) is 7.94. The van der Waals surface area contributed by atoms with E-state index in [1.807, 2.05) is 26.0 Å². The number of nitrogens with zero attached hydrogens (tertiary/aromatic N) is 1. The summed E-state index contributed by atoms with van der Waals surface area (Å²) in [6.45, 7) is 6.62. The van der Waals surface area contributed by atoms with Gasteiger partial charge in [-0.2, -0.15) is 0 Å². The minimum atomic E-state index is 0. The van der Waals surface area contributed by atoms with E-state index in [1.54, 1.807) is 7.11 Å². The highest BCUT2D eigenvalue weighted by Gasteiger charge is 2.19. The smallest absolute Gasteiger partial charge is 0.195 e. The molecule has 0 atom stereocenters. The van der Waals surface area contributed by atoms with Gasteiger partial charge in [0.25, 0.3) is 0 Å². The van der Waals surface area contributed by atoms with E-state index in [0.717, 1.165) is 30.9 Å². The van der Waals surface area contributed by atoms with Crippen LogP contribution in [0.1, 0.15) is 36.1 Å². The molecule has 1 fully saturated rings. The Labute approximate surface area is 142 Å². The molecule has 1 aromatic carbocycles. The van der Waals surface area contributed by atoms with Gasteiger partial charge < -0.3 is 9.15 Å². The summed E-state index contributed by atoms with van der Waals surface area (Å²) in [5.74, 6) is 1.48. The van der Waals surface area contributed by atoms with Gasteiger partial charge in [0.15, 0.2) is 5.43 Å². The van der Waals surface area contributed by atoms with Gasteiger partial charge in [0.2, 0.25) is 0 Å². The lowest BCUT2D eigenvalue weighted by Crippen LogP contribution is -2.29. The van der Waals surface area contributed by atoms with Gasteiger partial charge in [0, 0.05) is 12.1 Å². The van der Waals surface area contributed by atoms with Crippen LogP contribution in [-0.2, 0) is 6.54 Å². The van der Waals surface area contributed by atoms with Gasteiger partial charge in [-0.3, -0.25) is 9.69 Å². The maximum Gasteiger partial charge on any atom is 0.195 e. The molecule has 0 radical (unpaired) electrons. The number of hydrogen-bond donors (Lipinski definition) is 0. The van der Waals surface area contributed by atoms with E-state index in [9.17, 15) is 4.79 Å². The van der Waals surface area contributed by atoms with Crippen LogP contribution in [0.2, 0.25) is 0 Å². The second-order valence-corrected chi connectivity index (χ2v) is 6.07. The van der Waals surface area contributed by atoms with E-state index in [2.05, 4.69) is 4.90 Å². The molecule has 23 heavy (non-hydrogen) atoms. The van der Waals surface area contributed by atoms with Crippen molar-refractivity contribution in [2.75, 3.05) is 20.2 Å². The van der Waals surface area contributed by atoms with Crippen LogP contribution in [0.4, 0.5) is 0 Å². The van der Waals surface area contributed by atoms with Gasteiger partial charge in [0.05, 0.1) is 18.1 Å². The van der Waals surface area contributed by atoms with Crippen molar-refractivity contribution in [3.63, 3.8) is 0 Å². The Kier molecular flexibility index (Phi) is 5.71. The summed E-state index contributed by atoms with van der Waals surface area (Å²) in [4.78, 5) is 14.9. The molecule has 126 valence electrons. The van der Waals surface area contributed by atoms with Crippen molar-refractivity contribution in [2.45, 2.75) is 39.7 Å². The van der Waals surface area contributed by atoms with E-state index in [0.29, 0.717) is 22.3 Å². The summed E-state index contributed by atoms with van der Waals surface area (Å²) in [6, 6.07) is 3.69. The van der Waals surface area contributed by atoms with Crippen molar-refractivity contribution in [3.8, 4) is 5.75 Å². The average Bonchev–Trinajstić information content (AvgIpc) is 2.54. The standard InChI is InChI=1S/C18H23NO3.ClH/c1-12-13(2)22-18-14(17(12)20)7-8-16(21-3)15(18)11-19-9-5-4-6-10-19;/h7-8H,4-6,9-11H2,1-3H3;1H. The van der Waals surface area contributed by atoms with Gasteiger partial charge in [-0.1, -0.05) is 6.42 Å². The van der Waals surface area contributed by atoms with Crippen molar-refractivity contribution in [2.24, 2.45) is 0 Å². The Hall–Kier alpha value is -1.52. The first kappa shape index (κ1) is 17.8. The number of fused-ring (bicyclic) bond motifs is 1. The quantitative estimate of drug-likeness (QED) is 0.853. The number of ether oxygens (including phenoxy) is 1. The first-order chi connectivity index (χ1) is 10.6. The number of benzene rings is 1. The minimum Gasteiger partial charge on any atom is -0.496 e. The monoisotopic (exact) mass is 337 g/mol. The maximum absolute atomic E-state index is 12.5. The molecule has 0 unspecified atom stereocenters. The van der Waals surface area contributed by atoms with E-state index in [-0.39, 0.29) is 17.8 Å². The Bertz CT molecular complexity index is 748. The van der Waals surface area contributed by atoms with Crippen molar-refractivity contribution in [1.82, 2.24) is 4.90 Å². The summed E-state index contributed by atoms with van der Waals surface area (Å²) in [5, 5.41) is 0.649. The first-order valence-electron chi connectivity index (χ1n) is 7.94. The summed E-state index contributed by atoms with van der Waals surface area (Å²) >= 11 is 0. The minimum absolute atomic E-state index is 0. The third kappa shape index (κ3) is 3.38. The van der Waals surface area contributed by atoms with Crippen molar-refractivity contribution in [1.29, 1.82) is 0 Å². The van der Waals surface area contributed by atoms with Crippen molar-refractivity contribution in [3.05, 3.63) is 39.2 Å². The molecular weight excluding hydrogens is 314 g/mol. The van der Waals surface area contributed by atoms with Gasteiger partial charge >= 0.3 is 0 Å². The molecule has 1 aliphatic heterocycles. The SMILES string of the molecule is COc1ccc2c(=O)c(C)c(C)oc2c1CN1CCCCC1.Cl. The van der Waals surface area contributed by atoms with Crippen molar-refractivity contribution >= 4 is 23.4 Å². The molecule has 0 N–H and O–H groups in total. The largest absolute Gasteiger partial charge is 0.496 e. The molecule has 0 aliphatic carbocycles. The van der Waals surface area contributed by atoms with Crippen LogP contribution < -0.4 is 10.2 Å². The molecule has 0 spiro atoms. The molecular formula is C18H24ClNO3. The molecule has 1 aromatic heterocycles. The van der Waals surface area contributed by atoms with E-state index in [1.165, 1.54) is 19.3 Å². The van der Waals surface area contributed by atoms with E-state index in [4.69, 9.17) is 9.15 Å². The molecule has 1 aliphatic rings. The van der Waals surface area contributed by atoms with Gasteiger partial charge in [-0.25, -0.2) is 0 Å². The van der Waals surface area contributed by atoms with Crippen LogP contribution in [0.25, 0.3) is 11.0 Å². The maximum atomic E-state index is 12.5. The van der Waals surface area contributed by atoms with Crippen LogP contribution >= 0.6 is 12.4 Å². The third-order valence-electron chi connectivity index (χ3n) is 4.64. The zero-order valence-electron chi connectivity index (χ0n) is 14.0. The van der Waals surface area contributed by atoms with Crippen LogP contribution in [0, 0.1) is 13.8 Å². The zero-order chi connectivity index (χ0) is 15.7. The molecule has 4 nitrogen and oxygen atoms in total.